The van der Waals surface area contributed by atoms with Crippen LogP contribution in [0.15, 0.2) is 27.7 Å². The van der Waals surface area contributed by atoms with Crippen molar-refractivity contribution in [2.75, 3.05) is 26.3 Å². The van der Waals surface area contributed by atoms with Gasteiger partial charge in [0.25, 0.3) is 0 Å². The number of rotatable bonds is 7. The minimum atomic E-state index is -0.256. The molecule has 0 saturated carbocycles. The lowest BCUT2D eigenvalue weighted by Crippen LogP contribution is -2.39. The molecule has 1 aromatic rings. The lowest BCUT2D eigenvalue weighted by atomic mass is 10.2. The molecule has 0 heterocycles. The number of nitrogens with one attached hydrogen (secondary N) is 2. The monoisotopic (exact) mass is 345 g/mol. The van der Waals surface area contributed by atoms with Gasteiger partial charge in [-0.2, -0.15) is 0 Å². The van der Waals surface area contributed by atoms with Crippen LogP contribution in [0.25, 0.3) is 0 Å². The quantitative estimate of drug-likeness (QED) is 0.453. The molecule has 0 saturated heterocycles. The fourth-order valence-electron chi connectivity index (χ4n) is 1.54. The van der Waals surface area contributed by atoms with Gasteiger partial charge in [-0.3, -0.25) is 0 Å². The molecule has 0 unspecified atom stereocenters. The van der Waals surface area contributed by atoms with Gasteiger partial charge >= 0.3 is 0 Å². The average Bonchev–Trinajstić information content (AvgIpc) is 2.42. The van der Waals surface area contributed by atoms with Crippen molar-refractivity contribution >= 4 is 21.9 Å². The first-order valence-corrected chi connectivity index (χ1v) is 7.50. The molecule has 0 aromatic heterocycles. The molecule has 2 N–H and O–H groups in total. The van der Waals surface area contributed by atoms with Gasteiger partial charge in [-0.15, -0.1) is 0 Å². The van der Waals surface area contributed by atoms with Gasteiger partial charge in [-0.05, 0) is 26.0 Å². The first kappa shape index (κ1) is 16.9. The van der Waals surface area contributed by atoms with Crippen molar-refractivity contribution in [2.24, 2.45) is 4.99 Å². The summed E-state index contributed by atoms with van der Waals surface area (Å²) in [5.41, 5.74) is 0.565. The molecule has 0 atom stereocenters. The topological polar surface area (TPSA) is 45.7 Å². The van der Waals surface area contributed by atoms with Gasteiger partial charge in [0, 0.05) is 29.7 Å². The maximum Gasteiger partial charge on any atom is 0.191 e. The SMILES string of the molecule is CCNC(=NCc1ccc(Br)cc1F)NCCOCC. The summed E-state index contributed by atoms with van der Waals surface area (Å²) in [6.45, 7) is 6.97. The van der Waals surface area contributed by atoms with Crippen LogP contribution < -0.4 is 10.6 Å². The van der Waals surface area contributed by atoms with E-state index < -0.39 is 0 Å². The van der Waals surface area contributed by atoms with Crippen molar-refractivity contribution in [1.29, 1.82) is 0 Å². The summed E-state index contributed by atoms with van der Waals surface area (Å²) < 4.78 is 19.7. The minimum Gasteiger partial charge on any atom is -0.380 e. The van der Waals surface area contributed by atoms with Gasteiger partial charge in [0.05, 0.1) is 13.2 Å². The summed E-state index contributed by atoms with van der Waals surface area (Å²) in [6, 6.07) is 4.98. The van der Waals surface area contributed by atoms with Crippen LogP contribution in [0.2, 0.25) is 0 Å². The Kier molecular flexibility index (Phi) is 8.22. The zero-order valence-corrected chi connectivity index (χ0v) is 13.5. The highest BCUT2D eigenvalue weighted by molar-refractivity contribution is 9.10. The van der Waals surface area contributed by atoms with E-state index in [4.69, 9.17) is 4.74 Å². The van der Waals surface area contributed by atoms with Crippen LogP contribution in [-0.2, 0) is 11.3 Å². The summed E-state index contributed by atoms with van der Waals surface area (Å²) in [6.07, 6.45) is 0. The standard InChI is InChI=1S/C14H21BrFN3O/c1-3-17-14(18-7-8-20-4-2)19-10-11-5-6-12(15)9-13(11)16/h5-6,9H,3-4,7-8,10H2,1-2H3,(H2,17,18,19). The summed E-state index contributed by atoms with van der Waals surface area (Å²) >= 11 is 3.24. The highest BCUT2D eigenvalue weighted by atomic mass is 79.9. The second kappa shape index (κ2) is 9.72. The van der Waals surface area contributed by atoms with E-state index in [1.54, 1.807) is 6.07 Å². The number of nitrogens with zero attached hydrogens (tertiary/aromatic N) is 1. The molecule has 0 spiro atoms. The maximum absolute atomic E-state index is 13.7. The molecule has 4 nitrogen and oxygen atoms in total. The van der Waals surface area contributed by atoms with E-state index in [1.807, 2.05) is 19.9 Å². The molecule has 0 amide bonds. The van der Waals surface area contributed by atoms with Crippen molar-refractivity contribution in [3.63, 3.8) is 0 Å². The van der Waals surface area contributed by atoms with Crippen molar-refractivity contribution in [1.82, 2.24) is 10.6 Å². The van der Waals surface area contributed by atoms with E-state index in [0.717, 1.165) is 11.0 Å². The van der Waals surface area contributed by atoms with Crippen LogP contribution in [0, 0.1) is 5.82 Å². The van der Waals surface area contributed by atoms with Gasteiger partial charge in [-0.25, -0.2) is 9.38 Å². The van der Waals surface area contributed by atoms with Gasteiger partial charge in [0.1, 0.15) is 5.82 Å². The van der Waals surface area contributed by atoms with E-state index in [-0.39, 0.29) is 5.82 Å². The van der Waals surface area contributed by atoms with Gasteiger partial charge in [0.15, 0.2) is 5.96 Å². The van der Waals surface area contributed by atoms with Crippen molar-refractivity contribution in [3.8, 4) is 0 Å². The van der Waals surface area contributed by atoms with Crippen LogP contribution in [0.5, 0.6) is 0 Å². The number of benzene rings is 1. The van der Waals surface area contributed by atoms with Crippen molar-refractivity contribution < 1.29 is 9.13 Å². The largest absolute Gasteiger partial charge is 0.380 e. The molecule has 0 aliphatic carbocycles. The summed E-state index contributed by atoms with van der Waals surface area (Å²) in [5.74, 6) is 0.405. The Morgan fingerprint density at radius 1 is 1.35 bits per heavy atom. The fraction of sp³-hybridized carbons (Fsp3) is 0.500. The van der Waals surface area contributed by atoms with Crippen LogP contribution in [0.4, 0.5) is 4.39 Å². The molecule has 1 aromatic carbocycles. The van der Waals surface area contributed by atoms with E-state index in [2.05, 4.69) is 31.6 Å². The molecular formula is C14H21BrFN3O. The third-order valence-corrected chi connectivity index (χ3v) is 3.00. The highest BCUT2D eigenvalue weighted by Crippen LogP contribution is 2.15. The zero-order valence-electron chi connectivity index (χ0n) is 11.9. The highest BCUT2D eigenvalue weighted by Gasteiger charge is 2.03. The molecule has 0 bridgehead atoms. The first-order chi connectivity index (χ1) is 9.67. The van der Waals surface area contributed by atoms with E-state index >= 15 is 0 Å². The summed E-state index contributed by atoms with van der Waals surface area (Å²) in [4.78, 5) is 4.36. The van der Waals surface area contributed by atoms with Gasteiger partial charge in [-0.1, -0.05) is 22.0 Å². The molecule has 6 heteroatoms. The molecule has 20 heavy (non-hydrogen) atoms. The van der Waals surface area contributed by atoms with Gasteiger partial charge in [0.2, 0.25) is 0 Å². The van der Waals surface area contributed by atoms with Crippen LogP contribution in [0.3, 0.4) is 0 Å². The van der Waals surface area contributed by atoms with E-state index in [9.17, 15) is 4.39 Å². The third kappa shape index (κ3) is 6.34. The number of hydrogen-bond acceptors (Lipinski definition) is 2. The second-order valence-electron chi connectivity index (χ2n) is 4.05. The predicted molar refractivity (Wildman–Crippen MR) is 83.4 cm³/mol. The van der Waals surface area contributed by atoms with Crippen LogP contribution in [-0.4, -0.2) is 32.3 Å². The second-order valence-corrected chi connectivity index (χ2v) is 4.97. The number of hydrogen-bond donors (Lipinski definition) is 2. The summed E-state index contributed by atoms with van der Waals surface area (Å²) in [5, 5.41) is 6.25. The predicted octanol–water partition coefficient (Wildman–Crippen LogP) is 2.68. The molecule has 0 aliphatic rings. The van der Waals surface area contributed by atoms with E-state index in [0.29, 0.717) is 37.8 Å². The van der Waals surface area contributed by atoms with Crippen molar-refractivity contribution in [3.05, 3.63) is 34.1 Å². The Bertz CT molecular complexity index is 440. The molecular weight excluding hydrogens is 325 g/mol. The molecule has 1 rings (SSSR count). The van der Waals surface area contributed by atoms with Crippen LogP contribution in [0.1, 0.15) is 19.4 Å². The number of guanidine groups is 1. The number of ether oxygens (including phenoxy) is 1. The minimum absolute atomic E-state index is 0.256. The van der Waals surface area contributed by atoms with Crippen molar-refractivity contribution in [2.45, 2.75) is 20.4 Å². The maximum atomic E-state index is 13.7. The number of halogens is 2. The fourth-order valence-corrected chi connectivity index (χ4v) is 1.87. The van der Waals surface area contributed by atoms with E-state index in [1.165, 1.54) is 6.07 Å². The lowest BCUT2D eigenvalue weighted by molar-refractivity contribution is 0.152. The zero-order chi connectivity index (χ0) is 14.8. The Labute approximate surface area is 127 Å². The molecule has 0 aliphatic heterocycles. The van der Waals surface area contributed by atoms with Gasteiger partial charge < -0.3 is 15.4 Å². The molecule has 112 valence electrons. The molecule has 0 radical (unpaired) electrons. The first-order valence-electron chi connectivity index (χ1n) is 6.71. The Hall–Kier alpha value is -1.14. The Morgan fingerprint density at radius 3 is 2.80 bits per heavy atom. The smallest absolute Gasteiger partial charge is 0.191 e. The normalized spacial score (nSPS) is 11.5. The average molecular weight is 346 g/mol. The van der Waals surface area contributed by atoms with Crippen LogP contribution >= 0.6 is 15.9 Å². The Balaban J connectivity index is 2.56. The molecule has 0 fully saturated rings. The Morgan fingerprint density at radius 2 is 2.15 bits per heavy atom. The summed E-state index contributed by atoms with van der Waals surface area (Å²) in [7, 11) is 0. The number of aliphatic imine (C=N–C) groups is 1. The lowest BCUT2D eigenvalue weighted by Gasteiger charge is -2.11. The third-order valence-electron chi connectivity index (χ3n) is 2.51.